The van der Waals surface area contributed by atoms with Crippen LogP contribution in [0, 0.1) is 5.82 Å². The first-order chi connectivity index (χ1) is 15.5. The number of nitrogens with zero attached hydrogens (tertiary/aromatic N) is 3. The molecule has 0 fully saturated rings. The Morgan fingerprint density at radius 1 is 1.16 bits per heavy atom. The van der Waals surface area contributed by atoms with Crippen LogP contribution in [0.15, 0.2) is 54.2 Å². The van der Waals surface area contributed by atoms with Gasteiger partial charge in [-0.3, -0.25) is 9.78 Å². The second-order valence-electron chi connectivity index (χ2n) is 7.31. The number of carbonyl (C=O) groups is 1. The number of anilines is 1. The van der Waals surface area contributed by atoms with Crippen molar-refractivity contribution in [1.82, 2.24) is 20.3 Å². The van der Waals surface area contributed by atoms with Crippen molar-refractivity contribution >= 4 is 33.4 Å². The first-order valence-corrected chi connectivity index (χ1v) is 11.0. The van der Waals surface area contributed by atoms with Crippen molar-refractivity contribution in [3.8, 4) is 0 Å². The van der Waals surface area contributed by atoms with E-state index in [2.05, 4.69) is 25.6 Å². The summed E-state index contributed by atoms with van der Waals surface area (Å²) >= 11 is 1.41. The predicted octanol–water partition coefficient (Wildman–Crippen LogP) is 3.86. The Morgan fingerprint density at radius 2 is 1.94 bits per heavy atom. The number of carbonyl (C=O) groups excluding carboxylic acids is 1. The van der Waals surface area contributed by atoms with Crippen LogP contribution in [0.25, 0.3) is 10.2 Å². The number of aliphatic hydroxyl groups is 1. The number of aliphatic hydroxyl groups excluding tert-OH is 1. The summed E-state index contributed by atoms with van der Waals surface area (Å²) in [6, 6.07) is 10.5. The van der Waals surface area contributed by atoms with Gasteiger partial charge in [0, 0.05) is 12.7 Å². The molecule has 4 aromatic rings. The van der Waals surface area contributed by atoms with Crippen molar-refractivity contribution in [2.24, 2.45) is 0 Å². The zero-order valence-electron chi connectivity index (χ0n) is 17.4. The Balaban J connectivity index is 1.47. The molecule has 0 aliphatic heterocycles. The van der Waals surface area contributed by atoms with Crippen LogP contribution in [0.1, 0.15) is 40.1 Å². The highest BCUT2D eigenvalue weighted by molar-refractivity contribution is 7.17. The lowest BCUT2D eigenvalue weighted by molar-refractivity contribution is 0.0951. The summed E-state index contributed by atoms with van der Waals surface area (Å²) in [4.78, 5) is 25.7. The van der Waals surface area contributed by atoms with Gasteiger partial charge in [-0.2, -0.15) is 0 Å². The first-order valence-electron chi connectivity index (χ1n) is 10.1. The van der Waals surface area contributed by atoms with E-state index in [1.54, 1.807) is 6.20 Å². The van der Waals surface area contributed by atoms with Gasteiger partial charge in [0.05, 0.1) is 29.1 Å². The maximum Gasteiger partial charge on any atom is 0.271 e. The molecule has 0 aliphatic carbocycles. The molecule has 1 aromatic carbocycles. The lowest BCUT2D eigenvalue weighted by Crippen LogP contribution is -2.27. The van der Waals surface area contributed by atoms with E-state index in [4.69, 9.17) is 5.11 Å². The van der Waals surface area contributed by atoms with Crippen LogP contribution in [0.3, 0.4) is 0 Å². The summed E-state index contributed by atoms with van der Waals surface area (Å²) < 4.78 is 14.2. The van der Waals surface area contributed by atoms with Crippen LogP contribution in [-0.2, 0) is 13.0 Å². The second-order valence-corrected chi connectivity index (χ2v) is 8.23. The third-order valence-corrected chi connectivity index (χ3v) is 5.91. The molecule has 0 saturated heterocycles. The van der Waals surface area contributed by atoms with E-state index in [1.165, 1.54) is 17.4 Å². The molecule has 3 N–H and O–H groups in total. The molecule has 3 aromatic heterocycles. The Labute approximate surface area is 188 Å². The SMILES string of the molecule is C[C@H](Nc1nc(C(=O)NCCc2ccc(CO)cc2)c2sccc2n1)c1cncc(F)c1. The third kappa shape index (κ3) is 5.06. The van der Waals surface area contributed by atoms with Gasteiger partial charge in [0.15, 0.2) is 5.69 Å². The summed E-state index contributed by atoms with van der Waals surface area (Å²) in [5.41, 5.74) is 3.53. The van der Waals surface area contributed by atoms with Gasteiger partial charge in [0.1, 0.15) is 5.82 Å². The fraction of sp³-hybridized carbons (Fsp3) is 0.217. The standard InChI is InChI=1S/C23H22FN5O2S/c1-14(17-10-18(24)12-25-11-17)27-23-28-19-7-9-32-21(19)20(29-23)22(31)26-8-6-15-2-4-16(13-30)5-3-15/h2-5,7,9-12,14,30H,6,8,13H2,1H3,(H,26,31)(H,27,28,29)/t14-/m0/s1. The Morgan fingerprint density at radius 3 is 2.69 bits per heavy atom. The number of hydrogen-bond donors (Lipinski definition) is 3. The smallest absolute Gasteiger partial charge is 0.271 e. The molecule has 1 atom stereocenters. The van der Waals surface area contributed by atoms with E-state index in [0.717, 1.165) is 17.3 Å². The van der Waals surface area contributed by atoms with Crippen LogP contribution in [-0.4, -0.2) is 32.5 Å². The average molecular weight is 452 g/mol. The minimum Gasteiger partial charge on any atom is -0.392 e. The molecule has 0 unspecified atom stereocenters. The largest absolute Gasteiger partial charge is 0.392 e. The summed E-state index contributed by atoms with van der Waals surface area (Å²) in [6.45, 7) is 2.30. The minimum atomic E-state index is -0.420. The van der Waals surface area contributed by atoms with Crippen molar-refractivity contribution in [3.05, 3.63) is 82.4 Å². The number of aromatic nitrogens is 3. The van der Waals surface area contributed by atoms with E-state index in [9.17, 15) is 9.18 Å². The highest BCUT2D eigenvalue weighted by atomic mass is 32.1. The van der Waals surface area contributed by atoms with Gasteiger partial charge in [-0.25, -0.2) is 14.4 Å². The minimum absolute atomic E-state index is 0.00620. The molecule has 32 heavy (non-hydrogen) atoms. The molecule has 3 heterocycles. The lowest BCUT2D eigenvalue weighted by Gasteiger charge is -2.15. The molecule has 0 spiro atoms. The zero-order chi connectivity index (χ0) is 22.5. The number of nitrogens with one attached hydrogen (secondary N) is 2. The van der Waals surface area contributed by atoms with Gasteiger partial charge in [0.25, 0.3) is 5.91 Å². The highest BCUT2D eigenvalue weighted by Gasteiger charge is 2.17. The fourth-order valence-electron chi connectivity index (χ4n) is 3.24. The highest BCUT2D eigenvalue weighted by Crippen LogP contribution is 2.25. The topological polar surface area (TPSA) is 100 Å². The second kappa shape index (κ2) is 9.80. The van der Waals surface area contributed by atoms with Crippen molar-refractivity contribution in [2.75, 3.05) is 11.9 Å². The molecule has 0 saturated carbocycles. The van der Waals surface area contributed by atoms with Crippen molar-refractivity contribution in [2.45, 2.75) is 26.0 Å². The molecule has 0 bridgehead atoms. The van der Waals surface area contributed by atoms with Crippen LogP contribution in [0.5, 0.6) is 0 Å². The van der Waals surface area contributed by atoms with Gasteiger partial charge in [-0.1, -0.05) is 24.3 Å². The molecule has 7 nitrogen and oxygen atoms in total. The number of pyridine rings is 1. The monoisotopic (exact) mass is 451 g/mol. The molecule has 0 aliphatic rings. The summed E-state index contributed by atoms with van der Waals surface area (Å²) in [6.07, 6.45) is 3.38. The summed E-state index contributed by atoms with van der Waals surface area (Å²) in [7, 11) is 0. The van der Waals surface area contributed by atoms with E-state index in [1.807, 2.05) is 42.6 Å². The maximum absolute atomic E-state index is 13.5. The van der Waals surface area contributed by atoms with E-state index >= 15 is 0 Å². The van der Waals surface area contributed by atoms with Crippen LogP contribution < -0.4 is 10.6 Å². The number of benzene rings is 1. The van der Waals surface area contributed by atoms with Gasteiger partial charge >= 0.3 is 0 Å². The average Bonchev–Trinajstić information content (AvgIpc) is 3.27. The van der Waals surface area contributed by atoms with E-state index in [0.29, 0.717) is 34.4 Å². The first kappa shape index (κ1) is 21.8. The van der Waals surface area contributed by atoms with E-state index in [-0.39, 0.29) is 24.5 Å². The van der Waals surface area contributed by atoms with Crippen LogP contribution in [0.4, 0.5) is 10.3 Å². The van der Waals surface area contributed by atoms with Crippen molar-refractivity contribution < 1.29 is 14.3 Å². The Bertz CT molecular complexity index is 1230. The molecular formula is C23H22FN5O2S. The van der Waals surface area contributed by atoms with Crippen LogP contribution in [0.2, 0.25) is 0 Å². The van der Waals surface area contributed by atoms with Gasteiger partial charge in [0.2, 0.25) is 5.95 Å². The zero-order valence-corrected chi connectivity index (χ0v) is 18.2. The Kier molecular flexibility index (Phi) is 6.67. The number of thiophene rings is 1. The molecular weight excluding hydrogens is 429 g/mol. The number of amides is 1. The molecule has 164 valence electrons. The molecule has 4 rings (SSSR count). The van der Waals surface area contributed by atoms with Gasteiger partial charge in [-0.15, -0.1) is 11.3 Å². The van der Waals surface area contributed by atoms with Crippen molar-refractivity contribution in [1.29, 1.82) is 0 Å². The molecule has 9 heteroatoms. The van der Waals surface area contributed by atoms with Gasteiger partial charge in [-0.05, 0) is 47.5 Å². The van der Waals surface area contributed by atoms with Gasteiger partial charge < -0.3 is 15.7 Å². The molecule has 1 amide bonds. The lowest BCUT2D eigenvalue weighted by atomic mass is 10.1. The maximum atomic E-state index is 13.5. The number of hydrogen-bond acceptors (Lipinski definition) is 7. The predicted molar refractivity (Wildman–Crippen MR) is 122 cm³/mol. The number of rotatable bonds is 8. The van der Waals surface area contributed by atoms with Crippen molar-refractivity contribution in [3.63, 3.8) is 0 Å². The molecule has 0 radical (unpaired) electrons. The Hall–Kier alpha value is -3.43. The summed E-state index contributed by atoms with van der Waals surface area (Å²) in [5, 5.41) is 17.0. The van der Waals surface area contributed by atoms with Crippen LogP contribution >= 0.6 is 11.3 Å². The fourth-order valence-corrected chi connectivity index (χ4v) is 4.06. The quantitative estimate of drug-likeness (QED) is 0.376. The normalized spacial score (nSPS) is 12.0. The third-order valence-electron chi connectivity index (χ3n) is 5.00. The number of fused-ring (bicyclic) bond motifs is 1. The summed E-state index contributed by atoms with van der Waals surface area (Å²) in [5.74, 6) is -0.413. The van der Waals surface area contributed by atoms with E-state index < -0.39 is 5.82 Å². The number of halogens is 1.